The summed E-state index contributed by atoms with van der Waals surface area (Å²) >= 11 is 0. The number of hydrogen-bond donors (Lipinski definition) is 0. The first-order valence-electron chi connectivity index (χ1n) is 11.4. The first-order valence-corrected chi connectivity index (χ1v) is 12.8. The number of halogens is 1. The number of rotatable bonds is 7. The van der Waals surface area contributed by atoms with E-state index in [2.05, 4.69) is 4.90 Å². The van der Waals surface area contributed by atoms with Crippen LogP contribution in [0.15, 0.2) is 41.3 Å². The van der Waals surface area contributed by atoms with Gasteiger partial charge in [-0.15, -0.1) is 0 Å². The lowest BCUT2D eigenvalue weighted by atomic mass is 10.1. The number of nitro groups is 1. The molecular weight excluding hydrogens is 463 g/mol. The van der Waals surface area contributed by atoms with Crippen molar-refractivity contribution in [3.63, 3.8) is 0 Å². The zero-order chi connectivity index (χ0) is 24.3. The van der Waals surface area contributed by atoms with Gasteiger partial charge in [-0.1, -0.05) is 6.42 Å². The fourth-order valence-corrected chi connectivity index (χ4v) is 6.13. The van der Waals surface area contributed by atoms with Gasteiger partial charge in [0.1, 0.15) is 17.3 Å². The van der Waals surface area contributed by atoms with E-state index in [4.69, 9.17) is 4.74 Å². The summed E-state index contributed by atoms with van der Waals surface area (Å²) < 4.78 is 46.4. The van der Waals surface area contributed by atoms with Crippen LogP contribution in [0.1, 0.15) is 24.8 Å². The normalized spacial score (nSPS) is 18.1. The molecule has 2 aliphatic heterocycles. The van der Waals surface area contributed by atoms with Crippen LogP contribution in [0.4, 0.5) is 15.8 Å². The van der Waals surface area contributed by atoms with Crippen molar-refractivity contribution < 1.29 is 22.5 Å². The van der Waals surface area contributed by atoms with Crippen LogP contribution >= 0.6 is 0 Å². The predicted octanol–water partition coefficient (Wildman–Crippen LogP) is 3.24. The van der Waals surface area contributed by atoms with Crippen LogP contribution in [0.25, 0.3) is 0 Å². The highest BCUT2D eigenvalue weighted by Gasteiger charge is 2.30. The Morgan fingerprint density at radius 1 is 1.00 bits per heavy atom. The molecule has 2 saturated heterocycles. The predicted molar refractivity (Wildman–Crippen MR) is 126 cm³/mol. The lowest BCUT2D eigenvalue weighted by Crippen LogP contribution is -2.46. The van der Waals surface area contributed by atoms with E-state index in [1.54, 1.807) is 19.2 Å². The average molecular weight is 493 g/mol. The summed E-state index contributed by atoms with van der Waals surface area (Å²) in [6.07, 6.45) is 2.58. The van der Waals surface area contributed by atoms with Crippen LogP contribution in [0.3, 0.4) is 0 Å². The maximum atomic E-state index is 13.7. The Balaban J connectivity index is 1.49. The Kier molecular flexibility index (Phi) is 7.34. The van der Waals surface area contributed by atoms with E-state index in [9.17, 15) is 22.9 Å². The van der Waals surface area contributed by atoms with Gasteiger partial charge in [-0.25, -0.2) is 12.8 Å². The molecule has 0 N–H and O–H groups in total. The van der Waals surface area contributed by atoms with E-state index in [0.29, 0.717) is 57.3 Å². The van der Waals surface area contributed by atoms with Gasteiger partial charge >= 0.3 is 0 Å². The third-order valence-corrected chi connectivity index (χ3v) is 8.34. The van der Waals surface area contributed by atoms with Gasteiger partial charge in [0.15, 0.2) is 0 Å². The molecule has 0 unspecified atom stereocenters. The lowest BCUT2D eigenvalue weighted by Gasteiger charge is -2.36. The summed E-state index contributed by atoms with van der Waals surface area (Å²) in [6, 6.07) is 8.61. The number of hydrogen-bond acceptors (Lipinski definition) is 7. The minimum atomic E-state index is -3.76. The van der Waals surface area contributed by atoms with Crippen molar-refractivity contribution in [2.45, 2.75) is 30.7 Å². The van der Waals surface area contributed by atoms with Crippen LogP contribution in [-0.2, 0) is 16.6 Å². The summed E-state index contributed by atoms with van der Waals surface area (Å²) in [5.74, 6) is 0.287. The number of sulfonamides is 1. The molecule has 0 bridgehead atoms. The molecule has 0 aromatic heterocycles. The fourth-order valence-electron chi connectivity index (χ4n) is 4.59. The van der Waals surface area contributed by atoms with E-state index in [-0.39, 0.29) is 16.4 Å². The van der Waals surface area contributed by atoms with Crippen LogP contribution in [0.2, 0.25) is 0 Å². The van der Waals surface area contributed by atoms with E-state index in [1.807, 2.05) is 4.90 Å². The van der Waals surface area contributed by atoms with E-state index >= 15 is 0 Å². The topological polar surface area (TPSA) is 96.2 Å². The molecule has 0 aliphatic carbocycles. The van der Waals surface area contributed by atoms with Crippen molar-refractivity contribution in [1.82, 2.24) is 9.21 Å². The van der Waals surface area contributed by atoms with Crippen molar-refractivity contribution in [1.29, 1.82) is 0 Å². The highest BCUT2D eigenvalue weighted by molar-refractivity contribution is 7.89. The molecule has 2 aliphatic rings. The minimum absolute atomic E-state index is 0.0401. The van der Waals surface area contributed by atoms with Crippen molar-refractivity contribution in [3.8, 4) is 5.75 Å². The number of methoxy groups -OCH3 is 1. The Bertz CT molecular complexity index is 1150. The molecule has 2 aromatic rings. The average Bonchev–Trinajstić information content (AvgIpc) is 2.85. The molecule has 2 heterocycles. The van der Waals surface area contributed by atoms with Crippen molar-refractivity contribution in [3.05, 3.63) is 57.9 Å². The minimum Gasteiger partial charge on any atom is -0.496 e. The SMILES string of the molecule is COc1ccc(F)cc1CN1CCN(c2ccc(S(=O)(=O)N3CCCCC3)cc2[N+](=O)[O-])CC1. The molecule has 0 saturated carbocycles. The summed E-state index contributed by atoms with van der Waals surface area (Å²) in [5.41, 5.74) is 0.943. The van der Waals surface area contributed by atoms with Crippen LogP contribution in [-0.4, -0.2) is 68.9 Å². The maximum Gasteiger partial charge on any atom is 0.293 e. The van der Waals surface area contributed by atoms with Crippen LogP contribution in [0, 0.1) is 15.9 Å². The van der Waals surface area contributed by atoms with E-state index in [0.717, 1.165) is 24.8 Å². The molecule has 2 aromatic carbocycles. The van der Waals surface area contributed by atoms with E-state index < -0.39 is 14.9 Å². The van der Waals surface area contributed by atoms with Crippen molar-refractivity contribution >= 4 is 21.4 Å². The molecule has 2 fully saturated rings. The summed E-state index contributed by atoms with van der Waals surface area (Å²) in [5, 5.41) is 11.8. The molecule has 9 nitrogen and oxygen atoms in total. The summed E-state index contributed by atoms with van der Waals surface area (Å²) in [6.45, 7) is 3.67. The Morgan fingerprint density at radius 3 is 2.35 bits per heavy atom. The fraction of sp³-hybridized carbons (Fsp3) is 0.478. The zero-order valence-electron chi connectivity index (χ0n) is 19.2. The monoisotopic (exact) mass is 492 g/mol. The van der Waals surface area contributed by atoms with Crippen LogP contribution < -0.4 is 9.64 Å². The number of anilines is 1. The highest BCUT2D eigenvalue weighted by atomic mass is 32.2. The number of piperidine rings is 1. The Morgan fingerprint density at radius 2 is 1.71 bits per heavy atom. The van der Waals surface area contributed by atoms with Gasteiger partial charge in [0.2, 0.25) is 10.0 Å². The first-order chi connectivity index (χ1) is 16.3. The molecule has 11 heteroatoms. The number of nitrogens with zero attached hydrogens (tertiary/aromatic N) is 4. The molecule has 0 atom stereocenters. The quantitative estimate of drug-likeness (QED) is 0.432. The van der Waals surface area contributed by atoms with E-state index in [1.165, 1.54) is 28.6 Å². The van der Waals surface area contributed by atoms with Gasteiger partial charge in [-0.05, 0) is 43.2 Å². The molecule has 0 radical (unpaired) electrons. The van der Waals surface area contributed by atoms with Crippen molar-refractivity contribution in [2.24, 2.45) is 0 Å². The molecule has 0 spiro atoms. The lowest BCUT2D eigenvalue weighted by molar-refractivity contribution is -0.384. The Labute approximate surface area is 198 Å². The number of piperazine rings is 1. The zero-order valence-corrected chi connectivity index (χ0v) is 20.0. The van der Waals surface area contributed by atoms with Gasteiger partial charge in [0, 0.05) is 57.4 Å². The van der Waals surface area contributed by atoms with Crippen molar-refractivity contribution in [2.75, 3.05) is 51.3 Å². The number of nitro benzene ring substituents is 1. The molecule has 4 rings (SSSR count). The first kappa shape index (κ1) is 24.4. The summed E-state index contributed by atoms with van der Waals surface area (Å²) in [7, 11) is -2.21. The van der Waals surface area contributed by atoms with Gasteiger partial charge < -0.3 is 9.64 Å². The van der Waals surface area contributed by atoms with Gasteiger partial charge in [0.25, 0.3) is 5.69 Å². The number of ether oxygens (including phenoxy) is 1. The van der Waals surface area contributed by atoms with Gasteiger partial charge in [-0.3, -0.25) is 15.0 Å². The second-order valence-electron chi connectivity index (χ2n) is 8.59. The second kappa shape index (κ2) is 10.2. The standard InChI is InChI=1S/C23H29FN4O5S/c1-33-23-8-5-19(24)15-18(23)17-25-11-13-26(14-12-25)21-7-6-20(16-22(21)28(29)30)34(31,32)27-9-3-2-4-10-27/h5-8,15-16H,2-4,9-14,17H2,1H3. The maximum absolute atomic E-state index is 13.7. The third kappa shape index (κ3) is 5.16. The highest BCUT2D eigenvalue weighted by Crippen LogP contribution is 2.33. The second-order valence-corrected chi connectivity index (χ2v) is 10.5. The third-order valence-electron chi connectivity index (χ3n) is 6.45. The van der Waals surface area contributed by atoms with Crippen LogP contribution in [0.5, 0.6) is 5.75 Å². The molecule has 184 valence electrons. The number of benzene rings is 2. The summed E-state index contributed by atoms with van der Waals surface area (Å²) in [4.78, 5) is 15.3. The molecule has 34 heavy (non-hydrogen) atoms. The molecular formula is C23H29FN4O5S. The largest absolute Gasteiger partial charge is 0.496 e. The Hall–Kier alpha value is -2.76. The smallest absolute Gasteiger partial charge is 0.293 e. The van der Waals surface area contributed by atoms with Gasteiger partial charge in [-0.2, -0.15) is 4.31 Å². The van der Waals surface area contributed by atoms with Gasteiger partial charge in [0.05, 0.1) is 16.9 Å². The molecule has 0 amide bonds.